The normalized spacial score (nSPS) is 22.5. The molecule has 1 aromatic carbocycles. The van der Waals surface area contributed by atoms with Crippen LogP contribution in [0, 0.1) is 0 Å². The molecule has 1 unspecified atom stereocenters. The van der Waals surface area contributed by atoms with Gasteiger partial charge in [-0.05, 0) is 37.7 Å². The molecule has 1 saturated heterocycles. The molecule has 0 saturated carbocycles. The minimum Gasteiger partial charge on any atom is -0.489 e. The van der Waals surface area contributed by atoms with Crippen LogP contribution in [0.1, 0.15) is 6.42 Å². The topological polar surface area (TPSA) is 38.5 Å². The first-order valence-corrected chi connectivity index (χ1v) is 4.95. The molecule has 0 spiro atoms. The highest BCUT2D eigenvalue weighted by Crippen LogP contribution is 2.18. The predicted molar refractivity (Wildman–Crippen MR) is 57.4 cm³/mol. The fourth-order valence-corrected chi connectivity index (χ4v) is 1.73. The number of hydrogen-bond acceptors (Lipinski definition) is 3. The molecule has 1 aliphatic heterocycles. The summed E-state index contributed by atoms with van der Waals surface area (Å²) in [7, 11) is 2.12. The van der Waals surface area contributed by atoms with Crippen molar-refractivity contribution in [2.45, 2.75) is 12.5 Å². The zero-order valence-corrected chi connectivity index (χ0v) is 8.44. The van der Waals surface area contributed by atoms with E-state index in [-0.39, 0.29) is 0 Å². The average Bonchev–Trinajstić information content (AvgIpc) is 2.56. The first kappa shape index (κ1) is 9.34. The second-order valence-corrected chi connectivity index (χ2v) is 3.86. The molecular weight excluding hydrogens is 176 g/mol. The Morgan fingerprint density at radius 1 is 1.36 bits per heavy atom. The van der Waals surface area contributed by atoms with E-state index in [0.29, 0.717) is 6.10 Å². The smallest absolute Gasteiger partial charge is 0.119 e. The van der Waals surface area contributed by atoms with Crippen molar-refractivity contribution in [2.24, 2.45) is 0 Å². The summed E-state index contributed by atoms with van der Waals surface area (Å²) < 4.78 is 5.80. The van der Waals surface area contributed by atoms with Crippen LogP contribution in [-0.4, -0.2) is 31.1 Å². The Balaban J connectivity index is 1.94. The molecule has 0 amide bonds. The van der Waals surface area contributed by atoms with E-state index in [1.54, 1.807) is 0 Å². The maximum absolute atomic E-state index is 5.80. The van der Waals surface area contributed by atoms with Crippen LogP contribution < -0.4 is 10.5 Å². The van der Waals surface area contributed by atoms with Gasteiger partial charge in [0.1, 0.15) is 11.9 Å². The first-order chi connectivity index (χ1) is 6.74. The predicted octanol–water partition coefficient (Wildman–Crippen LogP) is 1.35. The Hall–Kier alpha value is -1.22. The maximum atomic E-state index is 5.80. The molecule has 1 atom stereocenters. The highest BCUT2D eigenvalue weighted by atomic mass is 16.5. The summed E-state index contributed by atoms with van der Waals surface area (Å²) in [6, 6.07) is 7.59. The number of likely N-dealkylation sites (tertiary alicyclic amines) is 1. The zero-order valence-electron chi connectivity index (χ0n) is 8.44. The molecule has 2 rings (SSSR count). The van der Waals surface area contributed by atoms with Crippen molar-refractivity contribution in [3.63, 3.8) is 0 Å². The van der Waals surface area contributed by atoms with Gasteiger partial charge in [-0.2, -0.15) is 0 Å². The van der Waals surface area contributed by atoms with Crippen LogP contribution in [-0.2, 0) is 0 Å². The van der Waals surface area contributed by atoms with E-state index in [4.69, 9.17) is 10.5 Å². The lowest BCUT2D eigenvalue weighted by Crippen LogP contribution is -2.21. The van der Waals surface area contributed by atoms with Gasteiger partial charge in [0.25, 0.3) is 0 Å². The van der Waals surface area contributed by atoms with Crippen molar-refractivity contribution in [1.82, 2.24) is 4.90 Å². The number of hydrogen-bond donors (Lipinski definition) is 1. The van der Waals surface area contributed by atoms with Gasteiger partial charge in [-0.1, -0.05) is 0 Å². The highest BCUT2D eigenvalue weighted by Gasteiger charge is 2.20. The molecule has 1 aliphatic rings. The van der Waals surface area contributed by atoms with Crippen molar-refractivity contribution in [1.29, 1.82) is 0 Å². The third kappa shape index (κ3) is 2.17. The van der Waals surface area contributed by atoms with Crippen LogP contribution in [0.15, 0.2) is 24.3 Å². The summed E-state index contributed by atoms with van der Waals surface area (Å²) in [5.41, 5.74) is 6.37. The molecule has 0 bridgehead atoms. The Bertz CT molecular complexity index is 297. The van der Waals surface area contributed by atoms with Crippen molar-refractivity contribution >= 4 is 5.69 Å². The largest absolute Gasteiger partial charge is 0.489 e. The van der Waals surface area contributed by atoms with E-state index in [0.717, 1.165) is 30.9 Å². The minimum absolute atomic E-state index is 0.337. The van der Waals surface area contributed by atoms with E-state index in [1.807, 2.05) is 24.3 Å². The fraction of sp³-hybridized carbons (Fsp3) is 0.455. The summed E-state index contributed by atoms with van der Waals surface area (Å²) in [5.74, 6) is 0.916. The van der Waals surface area contributed by atoms with Crippen molar-refractivity contribution in [3.05, 3.63) is 24.3 Å². The summed E-state index contributed by atoms with van der Waals surface area (Å²) in [6.45, 7) is 2.14. The number of ether oxygens (including phenoxy) is 1. The Kier molecular flexibility index (Phi) is 2.59. The lowest BCUT2D eigenvalue weighted by atomic mass is 10.3. The second-order valence-electron chi connectivity index (χ2n) is 3.86. The van der Waals surface area contributed by atoms with E-state index in [2.05, 4.69) is 11.9 Å². The number of anilines is 1. The molecular formula is C11H16N2O. The number of benzene rings is 1. The van der Waals surface area contributed by atoms with Crippen LogP contribution in [0.25, 0.3) is 0 Å². The summed E-state index contributed by atoms with van der Waals surface area (Å²) >= 11 is 0. The third-order valence-corrected chi connectivity index (χ3v) is 2.53. The van der Waals surface area contributed by atoms with Crippen LogP contribution >= 0.6 is 0 Å². The molecule has 0 radical (unpaired) electrons. The van der Waals surface area contributed by atoms with Crippen LogP contribution in [0.3, 0.4) is 0 Å². The monoisotopic (exact) mass is 192 g/mol. The van der Waals surface area contributed by atoms with Gasteiger partial charge < -0.3 is 15.4 Å². The van der Waals surface area contributed by atoms with E-state index >= 15 is 0 Å². The molecule has 2 N–H and O–H groups in total. The lowest BCUT2D eigenvalue weighted by molar-refractivity contribution is 0.208. The van der Waals surface area contributed by atoms with Crippen molar-refractivity contribution in [3.8, 4) is 5.75 Å². The SMILES string of the molecule is CN1CCC(Oc2ccc(N)cc2)C1. The van der Waals surface area contributed by atoms with Gasteiger partial charge in [0.05, 0.1) is 0 Å². The van der Waals surface area contributed by atoms with Crippen LogP contribution in [0.4, 0.5) is 5.69 Å². The number of rotatable bonds is 2. The summed E-state index contributed by atoms with van der Waals surface area (Å²) in [5, 5.41) is 0. The van der Waals surface area contributed by atoms with Crippen LogP contribution in [0.5, 0.6) is 5.75 Å². The molecule has 14 heavy (non-hydrogen) atoms. The Labute approximate surface area is 84.5 Å². The van der Waals surface area contributed by atoms with Gasteiger partial charge in [0, 0.05) is 18.8 Å². The molecule has 0 aliphatic carbocycles. The number of nitrogens with zero attached hydrogens (tertiary/aromatic N) is 1. The van der Waals surface area contributed by atoms with Gasteiger partial charge in [-0.3, -0.25) is 0 Å². The van der Waals surface area contributed by atoms with Gasteiger partial charge in [-0.25, -0.2) is 0 Å². The standard InChI is InChI=1S/C11H16N2O/c1-13-7-6-11(8-13)14-10-4-2-9(12)3-5-10/h2-5,11H,6-8,12H2,1H3. The average molecular weight is 192 g/mol. The molecule has 1 aromatic rings. The summed E-state index contributed by atoms with van der Waals surface area (Å²) in [4.78, 5) is 2.28. The molecule has 1 heterocycles. The first-order valence-electron chi connectivity index (χ1n) is 4.95. The van der Waals surface area contributed by atoms with Gasteiger partial charge in [-0.15, -0.1) is 0 Å². The number of likely N-dealkylation sites (N-methyl/N-ethyl adjacent to an activating group) is 1. The molecule has 1 fully saturated rings. The molecule has 76 valence electrons. The van der Waals surface area contributed by atoms with Crippen molar-refractivity contribution < 1.29 is 4.74 Å². The summed E-state index contributed by atoms with van der Waals surface area (Å²) in [6.07, 6.45) is 1.45. The quantitative estimate of drug-likeness (QED) is 0.719. The van der Waals surface area contributed by atoms with E-state index in [1.165, 1.54) is 0 Å². The Morgan fingerprint density at radius 2 is 2.07 bits per heavy atom. The Morgan fingerprint density at radius 3 is 2.64 bits per heavy atom. The minimum atomic E-state index is 0.337. The molecule has 3 heteroatoms. The third-order valence-electron chi connectivity index (χ3n) is 2.53. The number of nitrogens with two attached hydrogens (primary N) is 1. The second kappa shape index (κ2) is 3.88. The van der Waals surface area contributed by atoms with Crippen LogP contribution in [0.2, 0.25) is 0 Å². The maximum Gasteiger partial charge on any atom is 0.119 e. The number of nitrogen functional groups attached to an aromatic ring is 1. The van der Waals surface area contributed by atoms with Crippen molar-refractivity contribution in [2.75, 3.05) is 25.9 Å². The fourth-order valence-electron chi connectivity index (χ4n) is 1.73. The van der Waals surface area contributed by atoms with E-state index < -0.39 is 0 Å². The molecule has 0 aromatic heterocycles. The van der Waals surface area contributed by atoms with E-state index in [9.17, 15) is 0 Å². The van der Waals surface area contributed by atoms with Gasteiger partial charge in [0.2, 0.25) is 0 Å². The van der Waals surface area contributed by atoms with Gasteiger partial charge in [0.15, 0.2) is 0 Å². The highest BCUT2D eigenvalue weighted by molar-refractivity contribution is 5.41. The lowest BCUT2D eigenvalue weighted by Gasteiger charge is -2.13. The molecule has 3 nitrogen and oxygen atoms in total. The van der Waals surface area contributed by atoms with Gasteiger partial charge >= 0.3 is 0 Å². The zero-order chi connectivity index (χ0) is 9.97.